The van der Waals surface area contributed by atoms with Gasteiger partial charge in [0.05, 0.1) is 41.6 Å². The van der Waals surface area contributed by atoms with Gasteiger partial charge in [-0.25, -0.2) is 14.6 Å². The first-order valence-corrected chi connectivity index (χ1v) is 12.7. The number of rotatable bonds is 11. The Morgan fingerprint density at radius 2 is 1.83 bits per heavy atom. The van der Waals surface area contributed by atoms with Crippen molar-refractivity contribution in [2.24, 2.45) is 5.16 Å². The number of non-ortho nitro benzene ring substituents is 1. The number of nitro benzene ring substituents is 1. The highest BCUT2D eigenvalue weighted by atomic mass is 16.6. The largest absolute Gasteiger partial charge is 0.466 e. The Labute approximate surface area is 236 Å². The zero-order valence-electron chi connectivity index (χ0n) is 22.8. The second-order valence-corrected chi connectivity index (χ2v) is 9.16. The maximum Gasteiger partial charge on any atom is 0.336 e. The number of allylic oxidation sites excluding steroid dienone is 2. The van der Waals surface area contributed by atoms with Crippen LogP contribution in [-0.2, 0) is 30.4 Å². The molecular weight excluding hydrogens is 530 g/mol. The van der Waals surface area contributed by atoms with Crippen LogP contribution >= 0.6 is 0 Å². The highest BCUT2D eigenvalue weighted by Crippen LogP contribution is 2.40. The van der Waals surface area contributed by atoms with Crippen LogP contribution in [0.3, 0.4) is 0 Å². The lowest BCUT2D eigenvalue weighted by Crippen LogP contribution is -2.32. The van der Waals surface area contributed by atoms with Gasteiger partial charge in [-0.3, -0.25) is 10.1 Å². The van der Waals surface area contributed by atoms with E-state index in [9.17, 15) is 19.7 Å². The fourth-order valence-electron chi connectivity index (χ4n) is 4.50. The van der Waals surface area contributed by atoms with E-state index < -0.39 is 22.8 Å². The van der Waals surface area contributed by atoms with Gasteiger partial charge in [0.15, 0.2) is 6.61 Å². The van der Waals surface area contributed by atoms with Crippen molar-refractivity contribution in [2.45, 2.75) is 26.3 Å². The molecule has 0 aliphatic carbocycles. The first-order chi connectivity index (χ1) is 19.8. The van der Waals surface area contributed by atoms with Gasteiger partial charge in [0.25, 0.3) is 5.69 Å². The molecule has 0 saturated carbocycles. The number of imidazole rings is 1. The molecule has 1 aliphatic rings. The van der Waals surface area contributed by atoms with Gasteiger partial charge < -0.3 is 24.2 Å². The number of methoxy groups -OCH3 is 1. The zero-order valence-corrected chi connectivity index (χ0v) is 22.8. The number of oxime groups is 1. The summed E-state index contributed by atoms with van der Waals surface area (Å²) >= 11 is 0. The normalized spacial score (nSPS) is 15.0. The molecule has 0 fully saturated rings. The lowest BCUT2D eigenvalue weighted by atomic mass is 9.80. The molecule has 0 bridgehead atoms. The molecule has 1 aromatic heterocycles. The minimum Gasteiger partial charge on any atom is -0.466 e. The molecule has 12 heteroatoms. The van der Waals surface area contributed by atoms with Crippen LogP contribution in [0.25, 0.3) is 0 Å². The first-order valence-electron chi connectivity index (χ1n) is 12.7. The molecule has 3 aromatic rings. The number of dihydropyridines is 1. The number of hydrogen-bond acceptors (Lipinski definition) is 10. The van der Waals surface area contributed by atoms with Gasteiger partial charge in [0.1, 0.15) is 6.61 Å². The number of nitrogens with zero attached hydrogens (tertiary/aromatic N) is 4. The van der Waals surface area contributed by atoms with E-state index in [1.165, 1.54) is 25.3 Å². The highest BCUT2D eigenvalue weighted by Gasteiger charge is 2.38. The van der Waals surface area contributed by atoms with Crippen LogP contribution < -0.4 is 5.32 Å². The summed E-state index contributed by atoms with van der Waals surface area (Å²) in [5, 5.41) is 18.4. The van der Waals surface area contributed by atoms with Crippen molar-refractivity contribution in [1.82, 2.24) is 14.9 Å². The lowest BCUT2D eigenvalue weighted by molar-refractivity contribution is -0.384. The summed E-state index contributed by atoms with van der Waals surface area (Å²) in [6.45, 7) is 3.92. The molecule has 12 nitrogen and oxygen atoms in total. The van der Waals surface area contributed by atoms with E-state index in [0.717, 1.165) is 11.1 Å². The molecule has 0 amide bonds. The first kappa shape index (κ1) is 28.7. The number of esters is 2. The second kappa shape index (κ2) is 13.2. The summed E-state index contributed by atoms with van der Waals surface area (Å²) < 4.78 is 12.4. The number of aromatic nitrogens is 2. The van der Waals surface area contributed by atoms with Gasteiger partial charge in [-0.15, -0.1) is 0 Å². The van der Waals surface area contributed by atoms with Gasteiger partial charge in [0, 0.05) is 42.5 Å². The average molecular weight is 560 g/mol. The van der Waals surface area contributed by atoms with Crippen LogP contribution in [-0.4, -0.2) is 53.0 Å². The molecule has 1 N–H and O–H groups in total. The fourth-order valence-corrected chi connectivity index (χ4v) is 4.50. The van der Waals surface area contributed by atoms with Crippen molar-refractivity contribution in [3.8, 4) is 0 Å². The van der Waals surface area contributed by atoms with Gasteiger partial charge in [-0.1, -0.05) is 41.6 Å². The molecule has 0 spiro atoms. The summed E-state index contributed by atoms with van der Waals surface area (Å²) in [4.78, 5) is 46.1. The minimum absolute atomic E-state index is 0.0130. The van der Waals surface area contributed by atoms with Crippen molar-refractivity contribution in [1.29, 1.82) is 0 Å². The summed E-state index contributed by atoms with van der Waals surface area (Å²) in [6, 6.07) is 13.6. The van der Waals surface area contributed by atoms with Crippen molar-refractivity contribution in [2.75, 3.05) is 20.3 Å². The van der Waals surface area contributed by atoms with E-state index >= 15 is 0 Å². The van der Waals surface area contributed by atoms with Crippen LogP contribution in [0.15, 0.2) is 94.9 Å². The van der Waals surface area contributed by atoms with Crippen LogP contribution in [0.2, 0.25) is 0 Å². The summed E-state index contributed by atoms with van der Waals surface area (Å²) in [5.41, 5.74) is 3.36. The number of carbonyl (C=O) groups is 2. The number of hydrogen-bond donors (Lipinski definition) is 1. The van der Waals surface area contributed by atoms with E-state index in [1.54, 1.807) is 38.7 Å². The van der Waals surface area contributed by atoms with E-state index in [1.807, 2.05) is 35.0 Å². The van der Waals surface area contributed by atoms with E-state index in [2.05, 4.69) is 15.5 Å². The molecule has 1 atom stereocenters. The number of carbonyl (C=O) groups excluding carboxylic acids is 2. The topological polar surface area (TPSA) is 147 Å². The summed E-state index contributed by atoms with van der Waals surface area (Å²) in [6.07, 6.45) is 6.92. The van der Waals surface area contributed by atoms with Gasteiger partial charge in [0.2, 0.25) is 0 Å². The molecule has 2 heterocycles. The minimum atomic E-state index is -0.938. The molecule has 41 heavy (non-hydrogen) atoms. The third-order valence-corrected chi connectivity index (χ3v) is 6.39. The highest BCUT2D eigenvalue weighted by molar-refractivity contribution is 5.99. The third kappa shape index (κ3) is 7.04. The summed E-state index contributed by atoms with van der Waals surface area (Å²) in [5.74, 6) is -2.31. The maximum absolute atomic E-state index is 13.2. The number of ether oxygens (including phenoxy) is 2. The zero-order chi connectivity index (χ0) is 29.4. The van der Waals surface area contributed by atoms with Gasteiger partial charge in [-0.05, 0) is 30.5 Å². The average Bonchev–Trinajstić information content (AvgIpc) is 3.48. The van der Waals surface area contributed by atoms with Crippen LogP contribution in [0, 0.1) is 10.1 Å². The molecular formula is C29H29N5O7. The van der Waals surface area contributed by atoms with Crippen molar-refractivity contribution in [3.63, 3.8) is 0 Å². The Bertz CT molecular complexity index is 1510. The third-order valence-electron chi connectivity index (χ3n) is 6.39. The smallest absolute Gasteiger partial charge is 0.336 e. The van der Waals surface area contributed by atoms with E-state index in [-0.39, 0.29) is 30.0 Å². The predicted molar refractivity (Wildman–Crippen MR) is 149 cm³/mol. The monoisotopic (exact) mass is 559 g/mol. The fraction of sp³-hybridized carbons (Fsp3) is 0.241. The number of nitrogens with one attached hydrogen (secondary N) is 1. The molecule has 4 rings (SSSR count). The van der Waals surface area contributed by atoms with E-state index in [0.29, 0.717) is 23.5 Å². The molecule has 0 radical (unpaired) electrons. The predicted octanol–water partition coefficient (Wildman–Crippen LogP) is 3.84. The van der Waals surface area contributed by atoms with Gasteiger partial charge >= 0.3 is 11.9 Å². The number of benzene rings is 2. The Kier molecular flexibility index (Phi) is 9.25. The van der Waals surface area contributed by atoms with Crippen molar-refractivity contribution in [3.05, 3.63) is 117 Å². The van der Waals surface area contributed by atoms with Crippen LogP contribution in [0.5, 0.6) is 0 Å². The van der Waals surface area contributed by atoms with Crippen molar-refractivity contribution >= 4 is 23.8 Å². The molecule has 1 aliphatic heterocycles. The molecule has 0 saturated heterocycles. The molecule has 212 valence electrons. The second-order valence-electron chi connectivity index (χ2n) is 9.16. The Balaban J connectivity index is 1.39. The van der Waals surface area contributed by atoms with Crippen LogP contribution in [0.1, 0.15) is 36.5 Å². The van der Waals surface area contributed by atoms with Crippen molar-refractivity contribution < 1.29 is 28.8 Å². The van der Waals surface area contributed by atoms with Crippen LogP contribution in [0.4, 0.5) is 5.69 Å². The molecule has 2 aromatic carbocycles. The number of nitro groups is 1. The quantitative estimate of drug-likeness (QED) is 0.122. The van der Waals surface area contributed by atoms with E-state index in [4.69, 9.17) is 14.3 Å². The summed E-state index contributed by atoms with van der Waals surface area (Å²) in [7, 11) is 1.23. The lowest BCUT2D eigenvalue weighted by Gasteiger charge is -2.30. The standard InChI is InChI=1S/C29H29N5O7/c1-19-25(28(35)39-3)27(23-5-4-6-24(15-23)34(37)38)26(20(2)32-19)29(36)40-13-14-41-31-16-21-7-9-22(10-8-21)17-33-12-11-30-18-33/h4-12,15-16,18,27,32H,13-14,17H2,1-3H3. The Morgan fingerprint density at radius 1 is 1.10 bits per heavy atom. The maximum atomic E-state index is 13.2. The van der Waals surface area contributed by atoms with Gasteiger partial charge in [-0.2, -0.15) is 0 Å². The molecule has 1 unspecified atom stereocenters. The SMILES string of the molecule is COC(=O)C1=C(C)NC(C)=C(C(=O)OCCON=Cc2ccc(Cn3ccnc3)cc2)C1c1cccc([N+](=O)[O-])c1. The Hall–Kier alpha value is -5.26. The Morgan fingerprint density at radius 3 is 2.49 bits per heavy atom.